The van der Waals surface area contributed by atoms with Gasteiger partial charge in [-0.05, 0) is 13.0 Å². The summed E-state index contributed by atoms with van der Waals surface area (Å²) in [6.07, 6.45) is 2.72. The second kappa shape index (κ2) is 6.82. The number of nitrogens with one attached hydrogen (secondary N) is 1. The summed E-state index contributed by atoms with van der Waals surface area (Å²) in [6.45, 7) is 2.33. The number of amides is 2. The van der Waals surface area contributed by atoms with E-state index in [4.69, 9.17) is 0 Å². The summed E-state index contributed by atoms with van der Waals surface area (Å²) in [6, 6.07) is 0. The lowest BCUT2D eigenvalue weighted by Crippen LogP contribution is -2.37. The van der Waals surface area contributed by atoms with Crippen molar-refractivity contribution in [3.63, 3.8) is 0 Å². The van der Waals surface area contributed by atoms with Gasteiger partial charge in [0.25, 0.3) is 0 Å². The first-order valence-corrected chi connectivity index (χ1v) is 4.25. The van der Waals surface area contributed by atoms with Gasteiger partial charge in [0.1, 0.15) is 6.29 Å². The first-order valence-electron chi connectivity index (χ1n) is 4.25. The van der Waals surface area contributed by atoms with Crippen LogP contribution >= 0.6 is 0 Å². The zero-order valence-corrected chi connectivity index (χ0v) is 8.32. The highest BCUT2D eigenvalue weighted by atomic mass is 16.2. The van der Waals surface area contributed by atoms with E-state index in [9.17, 15) is 14.4 Å². The molecule has 5 nitrogen and oxygen atoms in total. The molecule has 0 saturated carbocycles. The topological polar surface area (TPSA) is 66.5 Å². The van der Waals surface area contributed by atoms with Gasteiger partial charge in [-0.15, -0.1) is 0 Å². The SMILES string of the molecule is CCNC(=O)CN(C)C(=O)/C=C\C=O. The van der Waals surface area contributed by atoms with Crippen molar-refractivity contribution in [2.75, 3.05) is 20.1 Å². The molecule has 0 radical (unpaired) electrons. The Kier molecular flexibility index (Phi) is 6.02. The number of hydrogen-bond acceptors (Lipinski definition) is 3. The number of allylic oxidation sites excluding steroid dienone is 1. The Morgan fingerprint density at radius 2 is 2.07 bits per heavy atom. The summed E-state index contributed by atoms with van der Waals surface area (Å²) in [4.78, 5) is 33.3. The minimum absolute atomic E-state index is 0.00410. The van der Waals surface area contributed by atoms with E-state index in [2.05, 4.69) is 5.32 Å². The fraction of sp³-hybridized carbons (Fsp3) is 0.444. The zero-order chi connectivity index (χ0) is 11.0. The third-order valence-corrected chi connectivity index (χ3v) is 1.45. The molecule has 0 saturated heterocycles. The molecule has 0 unspecified atom stereocenters. The molecule has 0 aliphatic rings. The summed E-state index contributed by atoms with van der Waals surface area (Å²) in [5.74, 6) is -0.591. The van der Waals surface area contributed by atoms with Gasteiger partial charge in [-0.25, -0.2) is 0 Å². The Bertz CT molecular complexity index is 248. The lowest BCUT2D eigenvalue weighted by molar-refractivity contribution is -0.131. The Labute approximate surface area is 82.8 Å². The monoisotopic (exact) mass is 198 g/mol. The summed E-state index contributed by atoms with van der Waals surface area (Å²) in [5.41, 5.74) is 0. The first kappa shape index (κ1) is 12.3. The normalized spacial score (nSPS) is 9.86. The van der Waals surface area contributed by atoms with E-state index < -0.39 is 0 Å². The molecule has 0 rings (SSSR count). The molecule has 2 amide bonds. The van der Waals surface area contributed by atoms with Crippen molar-refractivity contribution in [3.05, 3.63) is 12.2 Å². The summed E-state index contributed by atoms with van der Waals surface area (Å²) in [5, 5.41) is 2.56. The first-order chi connectivity index (χ1) is 6.61. The van der Waals surface area contributed by atoms with E-state index in [0.29, 0.717) is 12.8 Å². The molecule has 0 bridgehead atoms. The van der Waals surface area contributed by atoms with Crippen LogP contribution in [0.2, 0.25) is 0 Å². The van der Waals surface area contributed by atoms with Crippen molar-refractivity contribution in [2.24, 2.45) is 0 Å². The highest BCUT2D eigenvalue weighted by Gasteiger charge is 2.08. The minimum Gasteiger partial charge on any atom is -0.355 e. The third kappa shape index (κ3) is 5.08. The van der Waals surface area contributed by atoms with Gasteiger partial charge in [0.15, 0.2) is 0 Å². The molecular formula is C9H14N2O3. The molecule has 0 aromatic rings. The zero-order valence-electron chi connectivity index (χ0n) is 8.32. The average Bonchev–Trinajstić information content (AvgIpc) is 2.14. The van der Waals surface area contributed by atoms with Crippen LogP contribution < -0.4 is 5.32 Å². The van der Waals surface area contributed by atoms with Crippen molar-refractivity contribution in [2.45, 2.75) is 6.92 Å². The minimum atomic E-state index is -0.372. The molecule has 0 atom stereocenters. The predicted molar refractivity (Wildman–Crippen MR) is 51.5 cm³/mol. The van der Waals surface area contributed by atoms with Crippen LogP contribution in [0.5, 0.6) is 0 Å². The van der Waals surface area contributed by atoms with Gasteiger partial charge in [-0.3, -0.25) is 14.4 Å². The fourth-order valence-electron chi connectivity index (χ4n) is 0.795. The van der Waals surface area contributed by atoms with Gasteiger partial charge >= 0.3 is 0 Å². The van der Waals surface area contributed by atoms with Crippen molar-refractivity contribution >= 4 is 18.1 Å². The predicted octanol–water partition coefficient (Wildman–Crippen LogP) is -0.664. The molecule has 78 valence electrons. The van der Waals surface area contributed by atoms with Gasteiger partial charge in [0.2, 0.25) is 11.8 Å². The van der Waals surface area contributed by atoms with Gasteiger partial charge in [-0.1, -0.05) is 0 Å². The Morgan fingerprint density at radius 3 is 2.57 bits per heavy atom. The van der Waals surface area contributed by atoms with E-state index in [-0.39, 0.29) is 18.4 Å². The van der Waals surface area contributed by atoms with E-state index in [0.717, 1.165) is 12.2 Å². The van der Waals surface area contributed by atoms with E-state index in [1.807, 2.05) is 0 Å². The average molecular weight is 198 g/mol. The maximum atomic E-state index is 11.1. The molecule has 0 heterocycles. The molecule has 14 heavy (non-hydrogen) atoms. The molecule has 0 fully saturated rings. The second-order valence-electron chi connectivity index (χ2n) is 2.64. The van der Waals surface area contributed by atoms with Gasteiger partial charge in [-0.2, -0.15) is 0 Å². The van der Waals surface area contributed by atoms with Crippen LogP contribution in [0, 0.1) is 0 Å². The van der Waals surface area contributed by atoms with Crippen molar-refractivity contribution in [3.8, 4) is 0 Å². The lowest BCUT2D eigenvalue weighted by Gasteiger charge is -2.13. The molecule has 0 aliphatic carbocycles. The molecular weight excluding hydrogens is 184 g/mol. The number of rotatable bonds is 5. The van der Waals surface area contributed by atoms with Crippen LogP contribution in [0.25, 0.3) is 0 Å². The van der Waals surface area contributed by atoms with Crippen molar-refractivity contribution in [1.82, 2.24) is 10.2 Å². The Hall–Kier alpha value is -1.65. The van der Waals surface area contributed by atoms with Crippen LogP contribution in [0.4, 0.5) is 0 Å². The number of hydrogen-bond donors (Lipinski definition) is 1. The summed E-state index contributed by atoms with van der Waals surface area (Å²) in [7, 11) is 1.49. The highest BCUT2D eigenvalue weighted by molar-refractivity contribution is 5.93. The standard InChI is InChI=1S/C9H14N2O3/c1-3-10-8(13)7-11(2)9(14)5-4-6-12/h4-6H,3,7H2,1-2H3,(H,10,13)/b5-4-. The number of carbonyl (C=O) groups excluding carboxylic acids is 3. The molecule has 5 heteroatoms. The van der Waals surface area contributed by atoms with Gasteiger partial charge in [0.05, 0.1) is 6.54 Å². The van der Waals surface area contributed by atoms with Gasteiger partial charge < -0.3 is 10.2 Å². The quantitative estimate of drug-likeness (QED) is 0.471. The molecule has 0 aromatic heterocycles. The smallest absolute Gasteiger partial charge is 0.246 e. The largest absolute Gasteiger partial charge is 0.355 e. The molecule has 0 aromatic carbocycles. The van der Waals surface area contributed by atoms with E-state index in [1.165, 1.54) is 11.9 Å². The van der Waals surface area contributed by atoms with Crippen LogP contribution in [0.3, 0.4) is 0 Å². The van der Waals surface area contributed by atoms with Crippen LogP contribution in [0.1, 0.15) is 6.92 Å². The van der Waals surface area contributed by atoms with Crippen LogP contribution in [0.15, 0.2) is 12.2 Å². The summed E-state index contributed by atoms with van der Waals surface area (Å²) < 4.78 is 0. The maximum absolute atomic E-state index is 11.1. The summed E-state index contributed by atoms with van der Waals surface area (Å²) >= 11 is 0. The molecule has 0 spiro atoms. The Balaban J connectivity index is 4.00. The molecule has 0 aliphatic heterocycles. The fourth-order valence-corrected chi connectivity index (χ4v) is 0.795. The van der Waals surface area contributed by atoms with E-state index in [1.54, 1.807) is 6.92 Å². The second-order valence-corrected chi connectivity index (χ2v) is 2.64. The van der Waals surface area contributed by atoms with Gasteiger partial charge in [0, 0.05) is 19.7 Å². The maximum Gasteiger partial charge on any atom is 0.246 e. The van der Waals surface area contributed by atoms with Crippen LogP contribution in [-0.4, -0.2) is 43.1 Å². The lowest BCUT2D eigenvalue weighted by atomic mass is 10.4. The highest BCUT2D eigenvalue weighted by Crippen LogP contribution is 1.86. The van der Waals surface area contributed by atoms with Crippen LogP contribution in [-0.2, 0) is 14.4 Å². The third-order valence-electron chi connectivity index (χ3n) is 1.45. The van der Waals surface area contributed by atoms with Crippen molar-refractivity contribution in [1.29, 1.82) is 0 Å². The van der Waals surface area contributed by atoms with Crippen molar-refractivity contribution < 1.29 is 14.4 Å². The number of likely N-dealkylation sites (N-methyl/N-ethyl adjacent to an activating group) is 2. The number of nitrogens with zero attached hydrogens (tertiary/aromatic N) is 1. The Morgan fingerprint density at radius 1 is 1.43 bits per heavy atom. The molecule has 1 N–H and O–H groups in total. The van der Waals surface area contributed by atoms with E-state index >= 15 is 0 Å². The number of aldehydes is 1. The number of carbonyl (C=O) groups is 3.